The highest BCUT2D eigenvalue weighted by Gasteiger charge is 2.19. The molecule has 1 rings (SSSR count). The fraction of sp³-hybridized carbons (Fsp3) is 0.909. The molecule has 15 heavy (non-hydrogen) atoms. The fourth-order valence-corrected chi connectivity index (χ4v) is 2.06. The lowest BCUT2D eigenvalue weighted by Gasteiger charge is -2.32. The van der Waals surface area contributed by atoms with E-state index in [1.807, 2.05) is 7.05 Å². The Kier molecular flexibility index (Phi) is 5.65. The minimum atomic E-state index is 0.680. The lowest BCUT2D eigenvalue weighted by molar-refractivity contribution is -0.117. The molecule has 88 valence electrons. The number of rotatable bonds is 6. The molecule has 1 amide bonds. The fourth-order valence-electron chi connectivity index (χ4n) is 2.06. The molecule has 4 heteroatoms. The van der Waals surface area contributed by atoms with Gasteiger partial charge in [0.05, 0.1) is 6.61 Å². The third-order valence-electron chi connectivity index (χ3n) is 3.04. The Morgan fingerprint density at radius 2 is 2.13 bits per heavy atom. The van der Waals surface area contributed by atoms with Crippen LogP contribution in [0.3, 0.4) is 0 Å². The zero-order valence-electron chi connectivity index (χ0n) is 9.82. The molecular formula is C11H22N2O2. The summed E-state index contributed by atoms with van der Waals surface area (Å²) in [7, 11) is 3.59. The standard InChI is InChI=1S/C11H22N2O2/c1-12(10-14)9-11-3-5-13(6-4-11)7-8-15-2/h10-11H,3-9H2,1-2H3. The van der Waals surface area contributed by atoms with E-state index < -0.39 is 0 Å². The molecule has 0 saturated carbocycles. The summed E-state index contributed by atoms with van der Waals surface area (Å²) in [6, 6.07) is 0. The summed E-state index contributed by atoms with van der Waals surface area (Å²) in [5, 5.41) is 0. The predicted octanol–water partition coefficient (Wildman–Crippen LogP) is 0.433. The van der Waals surface area contributed by atoms with E-state index in [1.165, 1.54) is 12.8 Å². The van der Waals surface area contributed by atoms with Crippen LogP contribution in [0.1, 0.15) is 12.8 Å². The maximum atomic E-state index is 10.5. The molecular weight excluding hydrogens is 192 g/mol. The van der Waals surface area contributed by atoms with Crippen molar-refractivity contribution in [1.82, 2.24) is 9.80 Å². The molecule has 0 aliphatic carbocycles. The number of likely N-dealkylation sites (tertiary alicyclic amines) is 1. The highest BCUT2D eigenvalue weighted by atomic mass is 16.5. The van der Waals surface area contributed by atoms with Gasteiger partial charge < -0.3 is 14.5 Å². The summed E-state index contributed by atoms with van der Waals surface area (Å²) in [6.07, 6.45) is 3.31. The number of ether oxygens (including phenoxy) is 1. The molecule has 0 aromatic heterocycles. The second-order valence-electron chi connectivity index (χ2n) is 4.32. The second kappa shape index (κ2) is 6.80. The third kappa shape index (κ3) is 4.62. The Labute approximate surface area is 92.2 Å². The van der Waals surface area contributed by atoms with Crippen molar-refractivity contribution in [3.8, 4) is 0 Å². The van der Waals surface area contributed by atoms with Gasteiger partial charge in [-0.15, -0.1) is 0 Å². The molecule has 1 fully saturated rings. The quantitative estimate of drug-likeness (QED) is 0.601. The van der Waals surface area contributed by atoms with Crippen LogP contribution in [0.15, 0.2) is 0 Å². The van der Waals surface area contributed by atoms with Gasteiger partial charge in [0.25, 0.3) is 0 Å². The van der Waals surface area contributed by atoms with Crippen LogP contribution in [0.25, 0.3) is 0 Å². The highest BCUT2D eigenvalue weighted by molar-refractivity contribution is 5.46. The van der Waals surface area contributed by atoms with E-state index in [1.54, 1.807) is 12.0 Å². The molecule has 1 heterocycles. The molecule has 0 atom stereocenters. The molecule has 1 saturated heterocycles. The van der Waals surface area contributed by atoms with Gasteiger partial charge in [-0.3, -0.25) is 4.79 Å². The van der Waals surface area contributed by atoms with Gasteiger partial charge in [0.1, 0.15) is 0 Å². The predicted molar refractivity (Wildman–Crippen MR) is 59.7 cm³/mol. The number of carbonyl (C=O) groups is 1. The van der Waals surface area contributed by atoms with Crippen molar-refractivity contribution in [2.75, 3.05) is 46.9 Å². The zero-order chi connectivity index (χ0) is 11.1. The van der Waals surface area contributed by atoms with E-state index in [-0.39, 0.29) is 0 Å². The van der Waals surface area contributed by atoms with Gasteiger partial charge >= 0.3 is 0 Å². The van der Waals surface area contributed by atoms with Crippen LogP contribution in [0.2, 0.25) is 0 Å². The third-order valence-corrected chi connectivity index (χ3v) is 3.04. The van der Waals surface area contributed by atoms with Crippen molar-refractivity contribution < 1.29 is 9.53 Å². The lowest BCUT2D eigenvalue weighted by Crippen LogP contribution is -2.38. The van der Waals surface area contributed by atoms with Crippen LogP contribution < -0.4 is 0 Å². The molecule has 0 N–H and O–H groups in total. The lowest BCUT2D eigenvalue weighted by atomic mass is 9.96. The molecule has 1 aliphatic heterocycles. The van der Waals surface area contributed by atoms with Gasteiger partial charge in [-0.25, -0.2) is 0 Å². The van der Waals surface area contributed by atoms with E-state index in [0.29, 0.717) is 5.92 Å². The van der Waals surface area contributed by atoms with Gasteiger partial charge in [-0.2, -0.15) is 0 Å². The SMILES string of the molecule is COCCN1CCC(CN(C)C=O)CC1. The van der Waals surface area contributed by atoms with Gasteiger partial charge in [0.2, 0.25) is 6.41 Å². The maximum absolute atomic E-state index is 10.5. The molecule has 1 aliphatic rings. The first-order chi connectivity index (χ1) is 7.26. The average Bonchev–Trinajstić information content (AvgIpc) is 2.28. The van der Waals surface area contributed by atoms with E-state index in [9.17, 15) is 4.79 Å². The van der Waals surface area contributed by atoms with E-state index in [0.717, 1.165) is 39.2 Å². The Morgan fingerprint density at radius 1 is 1.47 bits per heavy atom. The Balaban J connectivity index is 2.15. The van der Waals surface area contributed by atoms with Crippen molar-refractivity contribution in [3.63, 3.8) is 0 Å². The smallest absolute Gasteiger partial charge is 0.209 e. The van der Waals surface area contributed by atoms with Gasteiger partial charge in [-0.1, -0.05) is 0 Å². The first kappa shape index (κ1) is 12.5. The minimum Gasteiger partial charge on any atom is -0.383 e. The van der Waals surface area contributed by atoms with Crippen LogP contribution in [0, 0.1) is 5.92 Å². The van der Waals surface area contributed by atoms with Crippen LogP contribution in [-0.2, 0) is 9.53 Å². The molecule has 4 nitrogen and oxygen atoms in total. The van der Waals surface area contributed by atoms with Crippen LogP contribution in [0.5, 0.6) is 0 Å². The Bertz CT molecular complexity index is 179. The number of piperidine rings is 1. The molecule has 0 spiro atoms. The molecule has 0 aromatic rings. The van der Waals surface area contributed by atoms with E-state index in [2.05, 4.69) is 4.90 Å². The molecule has 0 radical (unpaired) electrons. The number of amides is 1. The second-order valence-corrected chi connectivity index (χ2v) is 4.32. The summed E-state index contributed by atoms with van der Waals surface area (Å²) < 4.78 is 5.06. The van der Waals surface area contributed by atoms with Crippen LogP contribution in [0.4, 0.5) is 0 Å². The minimum absolute atomic E-state index is 0.680. The van der Waals surface area contributed by atoms with Gasteiger partial charge in [0, 0.05) is 27.2 Å². The number of nitrogens with zero attached hydrogens (tertiary/aromatic N) is 2. The van der Waals surface area contributed by atoms with Crippen LogP contribution in [-0.4, -0.2) is 63.2 Å². The number of carbonyl (C=O) groups excluding carboxylic acids is 1. The average molecular weight is 214 g/mol. The van der Waals surface area contributed by atoms with E-state index in [4.69, 9.17) is 4.74 Å². The summed E-state index contributed by atoms with van der Waals surface area (Å²) in [6.45, 7) is 5.04. The van der Waals surface area contributed by atoms with Gasteiger partial charge in [-0.05, 0) is 31.8 Å². The summed E-state index contributed by atoms with van der Waals surface area (Å²) >= 11 is 0. The van der Waals surface area contributed by atoms with E-state index >= 15 is 0 Å². The summed E-state index contributed by atoms with van der Waals surface area (Å²) in [5.41, 5.74) is 0. The largest absolute Gasteiger partial charge is 0.383 e. The number of hydrogen-bond acceptors (Lipinski definition) is 3. The molecule has 0 bridgehead atoms. The van der Waals surface area contributed by atoms with Gasteiger partial charge in [0.15, 0.2) is 0 Å². The van der Waals surface area contributed by atoms with Crippen molar-refractivity contribution >= 4 is 6.41 Å². The van der Waals surface area contributed by atoms with Crippen molar-refractivity contribution in [1.29, 1.82) is 0 Å². The Hall–Kier alpha value is -0.610. The first-order valence-corrected chi connectivity index (χ1v) is 5.63. The van der Waals surface area contributed by atoms with Crippen LogP contribution >= 0.6 is 0 Å². The van der Waals surface area contributed by atoms with Crippen molar-refractivity contribution in [2.24, 2.45) is 5.92 Å². The highest BCUT2D eigenvalue weighted by Crippen LogP contribution is 2.17. The monoisotopic (exact) mass is 214 g/mol. The topological polar surface area (TPSA) is 32.8 Å². The summed E-state index contributed by atoms with van der Waals surface area (Å²) in [5.74, 6) is 0.680. The first-order valence-electron chi connectivity index (χ1n) is 5.63. The van der Waals surface area contributed by atoms with Crippen molar-refractivity contribution in [2.45, 2.75) is 12.8 Å². The summed E-state index contributed by atoms with van der Waals surface area (Å²) in [4.78, 5) is 14.7. The zero-order valence-corrected chi connectivity index (χ0v) is 9.82. The Morgan fingerprint density at radius 3 is 2.67 bits per heavy atom. The number of hydrogen-bond donors (Lipinski definition) is 0. The maximum Gasteiger partial charge on any atom is 0.209 e. The number of methoxy groups -OCH3 is 1. The van der Waals surface area contributed by atoms with Crippen molar-refractivity contribution in [3.05, 3.63) is 0 Å². The molecule has 0 unspecified atom stereocenters. The molecule has 0 aromatic carbocycles. The normalized spacial score (nSPS) is 19.1.